The fraction of sp³-hybridized carbons (Fsp3) is 0.909. The summed E-state index contributed by atoms with van der Waals surface area (Å²) in [6, 6.07) is 0. The Morgan fingerprint density at radius 1 is 1.40 bits per heavy atom. The molecule has 0 spiro atoms. The molecular weight excluding hydrogens is 196 g/mol. The second-order valence-electron chi connectivity index (χ2n) is 3.86. The summed E-state index contributed by atoms with van der Waals surface area (Å²) in [5.41, 5.74) is 0. The van der Waals surface area contributed by atoms with Gasteiger partial charge in [0.2, 0.25) is 0 Å². The van der Waals surface area contributed by atoms with Crippen LogP contribution in [-0.2, 0) is 19.0 Å². The van der Waals surface area contributed by atoms with Crippen molar-refractivity contribution in [3.8, 4) is 0 Å². The fourth-order valence-corrected chi connectivity index (χ4v) is 2.09. The first kappa shape index (κ1) is 12.6. The van der Waals surface area contributed by atoms with Crippen molar-refractivity contribution in [2.24, 2.45) is 0 Å². The van der Waals surface area contributed by atoms with Gasteiger partial charge in [-0.2, -0.15) is 0 Å². The molecule has 1 aliphatic heterocycles. The Kier molecular flexibility index (Phi) is 5.22. The van der Waals surface area contributed by atoms with E-state index in [9.17, 15) is 4.79 Å². The van der Waals surface area contributed by atoms with Crippen LogP contribution in [0.5, 0.6) is 0 Å². The molecular formula is C11H20O4. The summed E-state index contributed by atoms with van der Waals surface area (Å²) in [5, 5.41) is 0. The zero-order chi connectivity index (χ0) is 11.3. The zero-order valence-electron chi connectivity index (χ0n) is 9.64. The Morgan fingerprint density at radius 2 is 2.13 bits per heavy atom. The van der Waals surface area contributed by atoms with Crippen molar-refractivity contribution in [3.63, 3.8) is 0 Å². The zero-order valence-corrected chi connectivity index (χ0v) is 9.64. The maximum absolute atomic E-state index is 10.9. The highest BCUT2D eigenvalue weighted by Gasteiger charge is 2.38. The molecule has 1 fully saturated rings. The number of hydrogen-bond donors (Lipinski definition) is 0. The first-order valence-electron chi connectivity index (χ1n) is 5.43. The third kappa shape index (κ3) is 3.00. The van der Waals surface area contributed by atoms with Gasteiger partial charge in [0, 0.05) is 20.6 Å². The van der Waals surface area contributed by atoms with Crippen molar-refractivity contribution in [1.82, 2.24) is 0 Å². The summed E-state index contributed by atoms with van der Waals surface area (Å²) in [5.74, 6) is 0. The van der Waals surface area contributed by atoms with Crippen molar-refractivity contribution >= 4 is 6.29 Å². The molecule has 88 valence electrons. The first-order valence-corrected chi connectivity index (χ1v) is 5.43. The second kappa shape index (κ2) is 6.20. The van der Waals surface area contributed by atoms with Gasteiger partial charge >= 0.3 is 0 Å². The molecule has 0 aliphatic carbocycles. The van der Waals surface area contributed by atoms with Gasteiger partial charge in [-0.05, 0) is 6.42 Å². The van der Waals surface area contributed by atoms with Crippen LogP contribution in [0.1, 0.15) is 26.2 Å². The average molecular weight is 216 g/mol. The average Bonchev–Trinajstić information content (AvgIpc) is 2.28. The van der Waals surface area contributed by atoms with E-state index in [1.165, 1.54) is 0 Å². The smallest absolute Gasteiger partial charge is 0.151 e. The Balaban J connectivity index is 2.64. The molecule has 4 heteroatoms. The van der Waals surface area contributed by atoms with Crippen LogP contribution in [-0.4, -0.2) is 44.9 Å². The number of aldehydes is 1. The minimum Gasteiger partial charge on any atom is -0.379 e. The van der Waals surface area contributed by atoms with Gasteiger partial charge in [0.05, 0.1) is 12.2 Å². The van der Waals surface area contributed by atoms with E-state index in [4.69, 9.17) is 14.2 Å². The number of ether oxygens (including phenoxy) is 3. The fourth-order valence-electron chi connectivity index (χ4n) is 2.09. The normalized spacial score (nSPS) is 36.5. The van der Waals surface area contributed by atoms with Crippen LogP contribution in [0, 0.1) is 0 Å². The van der Waals surface area contributed by atoms with E-state index >= 15 is 0 Å². The highest BCUT2D eigenvalue weighted by Crippen LogP contribution is 2.25. The van der Waals surface area contributed by atoms with E-state index in [-0.39, 0.29) is 18.3 Å². The van der Waals surface area contributed by atoms with E-state index in [0.717, 1.165) is 25.5 Å². The quantitative estimate of drug-likeness (QED) is 0.647. The van der Waals surface area contributed by atoms with Gasteiger partial charge in [0.25, 0.3) is 0 Å². The number of hydrogen-bond acceptors (Lipinski definition) is 4. The third-order valence-electron chi connectivity index (χ3n) is 2.85. The number of methoxy groups -OCH3 is 2. The molecule has 4 unspecified atom stereocenters. The van der Waals surface area contributed by atoms with E-state index in [0.29, 0.717) is 0 Å². The van der Waals surface area contributed by atoms with Gasteiger partial charge in [-0.25, -0.2) is 0 Å². The van der Waals surface area contributed by atoms with Crippen LogP contribution in [0.4, 0.5) is 0 Å². The minimum absolute atomic E-state index is 0.0458. The maximum Gasteiger partial charge on any atom is 0.151 e. The van der Waals surface area contributed by atoms with E-state index in [1.807, 2.05) is 0 Å². The Labute approximate surface area is 90.9 Å². The van der Waals surface area contributed by atoms with Crippen LogP contribution < -0.4 is 0 Å². The predicted octanol–water partition coefficient (Wildman–Crippen LogP) is 1.17. The van der Waals surface area contributed by atoms with Crippen molar-refractivity contribution in [2.45, 2.75) is 50.6 Å². The molecule has 0 N–H and O–H groups in total. The second-order valence-corrected chi connectivity index (χ2v) is 3.86. The molecule has 0 radical (unpaired) electrons. The van der Waals surface area contributed by atoms with Crippen molar-refractivity contribution in [3.05, 3.63) is 0 Å². The lowest BCUT2D eigenvalue weighted by molar-refractivity contribution is -0.185. The molecule has 1 saturated heterocycles. The van der Waals surface area contributed by atoms with E-state index in [2.05, 4.69) is 6.92 Å². The molecule has 4 atom stereocenters. The monoisotopic (exact) mass is 216 g/mol. The lowest BCUT2D eigenvalue weighted by Crippen LogP contribution is -2.50. The van der Waals surface area contributed by atoms with Crippen LogP contribution in [0.15, 0.2) is 0 Å². The Bertz CT molecular complexity index is 195. The largest absolute Gasteiger partial charge is 0.379 e. The van der Waals surface area contributed by atoms with Gasteiger partial charge in [-0.15, -0.1) is 0 Å². The van der Waals surface area contributed by atoms with Crippen molar-refractivity contribution in [2.75, 3.05) is 14.2 Å². The van der Waals surface area contributed by atoms with Gasteiger partial charge in [-0.3, -0.25) is 0 Å². The van der Waals surface area contributed by atoms with Gasteiger partial charge in [-0.1, -0.05) is 13.3 Å². The molecule has 0 bridgehead atoms. The molecule has 1 heterocycles. The summed E-state index contributed by atoms with van der Waals surface area (Å²) in [6.45, 7) is 2.10. The molecule has 15 heavy (non-hydrogen) atoms. The van der Waals surface area contributed by atoms with Crippen molar-refractivity contribution < 1.29 is 19.0 Å². The molecule has 0 aromatic carbocycles. The van der Waals surface area contributed by atoms with E-state index in [1.54, 1.807) is 14.2 Å². The van der Waals surface area contributed by atoms with Gasteiger partial charge in [0.15, 0.2) is 6.29 Å². The topological polar surface area (TPSA) is 44.8 Å². The highest BCUT2D eigenvalue weighted by atomic mass is 16.6. The molecule has 0 amide bonds. The third-order valence-corrected chi connectivity index (χ3v) is 2.85. The lowest BCUT2D eigenvalue weighted by Gasteiger charge is -2.38. The number of carbonyl (C=O) groups excluding carboxylic acids is 1. The molecule has 1 aliphatic rings. The molecule has 4 nitrogen and oxygen atoms in total. The van der Waals surface area contributed by atoms with Gasteiger partial charge in [0.1, 0.15) is 12.2 Å². The molecule has 0 aromatic heterocycles. The summed E-state index contributed by atoms with van der Waals surface area (Å²) >= 11 is 0. The Morgan fingerprint density at radius 3 is 2.60 bits per heavy atom. The van der Waals surface area contributed by atoms with Crippen LogP contribution >= 0.6 is 0 Å². The molecule has 0 saturated carbocycles. The summed E-state index contributed by atoms with van der Waals surface area (Å²) in [4.78, 5) is 10.9. The summed E-state index contributed by atoms with van der Waals surface area (Å²) < 4.78 is 16.2. The van der Waals surface area contributed by atoms with Gasteiger partial charge < -0.3 is 19.0 Å². The van der Waals surface area contributed by atoms with Crippen LogP contribution in [0.2, 0.25) is 0 Å². The maximum atomic E-state index is 10.9. The number of carbonyl (C=O) groups is 1. The van der Waals surface area contributed by atoms with Crippen LogP contribution in [0.25, 0.3) is 0 Å². The lowest BCUT2D eigenvalue weighted by atomic mass is 9.96. The highest BCUT2D eigenvalue weighted by molar-refractivity contribution is 5.57. The van der Waals surface area contributed by atoms with Crippen LogP contribution in [0.3, 0.4) is 0 Å². The van der Waals surface area contributed by atoms with E-state index < -0.39 is 6.10 Å². The predicted molar refractivity (Wildman–Crippen MR) is 55.8 cm³/mol. The summed E-state index contributed by atoms with van der Waals surface area (Å²) in [7, 11) is 3.23. The summed E-state index contributed by atoms with van der Waals surface area (Å²) in [6.07, 6.45) is 2.91. The standard InChI is InChI=1S/C11H20O4/c1-4-5-8-6-9(13-2)11(14-3)10(7-12)15-8/h7-11H,4-6H2,1-3H3. The van der Waals surface area contributed by atoms with Crippen molar-refractivity contribution in [1.29, 1.82) is 0 Å². The molecule has 1 rings (SSSR count). The number of rotatable bonds is 5. The SMILES string of the molecule is CCCC1CC(OC)C(OC)C(C=O)O1. The minimum atomic E-state index is -0.495. The Hall–Kier alpha value is -0.450. The molecule has 0 aromatic rings. The first-order chi connectivity index (χ1) is 7.26.